The van der Waals surface area contributed by atoms with Gasteiger partial charge in [-0.05, 0) is 67.3 Å². The van der Waals surface area contributed by atoms with Gasteiger partial charge in [-0.2, -0.15) is 0 Å². The van der Waals surface area contributed by atoms with E-state index in [1.54, 1.807) is 43.5 Å². The van der Waals surface area contributed by atoms with Gasteiger partial charge in [-0.3, -0.25) is 9.52 Å². The molecule has 0 bridgehead atoms. The number of methoxy groups -OCH3 is 1. The lowest BCUT2D eigenvalue weighted by atomic mass is 9.71. The van der Waals surface area contributed by atoms with Gasteiger partial charge in [0.25, 0.3) is 15.9 Å². The van der Waals surface area contributed by atoms with Crippen LogP contribution in [0.3, 0.4) is 0 Å². The number of rotatable bonds is 7. The Bertz CT molecular complexity index is 1170. The van der Waals surface area contributed by atoms with E-state index in [2.05, 4.69) is 10.0 Å². The smallest absolute Gasteiger partial charge is 0.261 e. The fourth-order valence-electron chi connectivity index (χ4n) is 3.74. The molecule has 160 valence electrons. The van der Waals surface area contributed by atoms with Gasteiger partial charge in [-0.15, -0.1) is 0 Å². The van der Waals surface area contributed by atoms with Gasteiger partial charge in [0.1, 0.15) is 5.75 Å². The second kappa shape index (κ2) is 8.43. The summed E-state index contributed by atoms with van der Waals surface area (Å²) in [6.07, 6.45) is 2.76. The Labute approximate surface area is 182 Å². The maximum Gasteiger partial charge on any atom is 0.261 e. The first kappa shape index (κ1) is 20.9. The van der Waals surface area contributed by atoms with Crippen molar-refractivity contribution in [2.45, 2.75) is 29.7 Å². The van der Waals surface area contributed by atoms with E-state index in [1.165, 1.54) is 12.1 Å². The highest BCUT2D eigenvalue weighted by Gasteiger charge is 2.40. The number of carbonyl (C=O) groups excluding carboxylic acids is 1. The van der Waals surface area contributed by atoms with Crippen molar-refractivity contribution in [2.24, 2.45) is 0 Å². The third kappa shape index (κ3) is 4.41. The van der Waals surface area contributed by atoms with E-state index in [0.717, 1.165) is 24.8 Å². The third-order valence-electron chi connectivity index (χ3n) is 5.64. The largest absolute Gasteiger partial charge is 0.497 e. The number of hydrogen-bond acceptors (Lipinski definition) is 4. The maximum absolute atomic E-state index is 13.0. The Morgan fingerprint density at radius 1 is 0.935 bits per heavy atom. The van der Waals surface area contributed by atoms with Crippen LogP contribution in [0.2, 0.25) is 0 Å². The zero-order valence-corrected chi connectivity index (χ0v) is 18.0. The number of ether oxygens (including phenoxy) is 1. The van der Waals surface area contributed by atoms with Crippen molar-refractivity contribution in [2.75, 3.05) is 11.8 Å². The predicted molar refractivity (Wildman–Crippen MR) is 120 cm³/mol. The number of nitrogens with one attached hydrogen (secondary N) is 2. The summed E-state index contributed by atoms with van der Waals surface area (Å²) in [4.78, 5) is 13.0. The minimum atomic E-state index is -3.85. The van der Waals surface area contributed by atoms with Gasteiger partial charge in [0.05, 0.1) is 17.5 Å². The van der Waals surface area contributed by atoms with Crippen molar-refractivity contribution in [3.05, 3.63) is 90.0 Å². The molecular formula is C24H24N2O4S. The van der Waals surface area contributed by atoms with Crippen LogP contribution >= 0.6 is 0 Å². The maximum atomic E-state index is 13.0. The molecule has 1 aliphatic rings. The molecule has 1 amide bonds. The van der Waals surface area contributed by atoms with Crippen LogP contribution in [0.15, 0.2) is 83.8 Å². The zero-order valence-electron chi connectivity index (χ0n) is 17.2. The molecule has 0 aromatic heterocycles. The van der Waals surface area contributed by atoms with Gasteiger partial charge in [-0.25, -0.2) is 8.42 Å². The van der Waals surface area contributed by atoms with Crippen molar-refractivity contribution < 1.29 is 17.9 Å². The summed E-state index contributed by atoms with van der Waals surface area (Å²) in [5.41, 5.74) is 1.39. The van der Waals surface area contributed by atoms with Crippen molar-refractivity contribution in [1.82, 2.24) is 5.32 Å². The molecule has 0 unspecified atom stereocenters. The number of sulfonamides is 1. The predicted octanol–water partition coefficient (Wildman–Crippen LogP) is 4.31. The molecule has 3 aromatic carbocycles. The van der Waals surface area contributed by atoms with Crippen LogP contribution in [0.25, 0.3) is 0 Å². The minimum absolute atomic E-state index is 0.0262. The monoisotopic (exact) mass is 436 g/mol. The van der Waals surface area contributed by atoms with Crippen LogP contribution in [-0.4, -0.2) is 21.4 Å². The Morgan fingerprint density at radius 3 is 2.26 bits per heavy atom. The van der Waals surface area contributed by atoms with Crippen LogP contribution < -0.4 is 14.8 Å². The lowest BCUT2D eigenvalue weighted by Gasteiger charge is -2.43. The van der Waals surface area contributed by atoms with Crippen molar-refractivity contribution in [1.29, 1.82) is 0 Å². The number of benzene rings is 3. The number of hydrogen-bond donors (Lipinski definition) is 2. The molecule has 6 nitrogen and oxygen atoms in total. The molecule has 2 N–H and O–H groups in total. The SMILES string of the molecule is COc1ccc(NS(=O)(=O)c2cccc(C(=O)NC3(c4ccccc4)CCC3)c2)cc1. The van der Waals surface area contributed by atoms with Crippen molar-refractivity contribution >= 4 is 21.6 Å². The standard InChI is InChI=1S/C24H24N2O4S/c1-30-21-13-11-20(12-14-21)26-31(28,29)22-10-5-7-18(17-22)23(27)25-24(15-6-16-24)19-8-3-2-4-9-19/h2-5,7-14,17,26H,6,15-16H2,1H3,(H,25,27). The average molecular weight is 437 g/mol. The highest BCUT2D eigenvalue weighted by molar-refractivity contribution is 7.92. The summed E-state index contributed by atoms with van der Waals surface area (Å²) in [6.45, 7) is 0. The average Bonchev–Trinajstić information content (AvgIpc) is 2.77. The number of anilines is 1. The molecule has 4 rings (SSSR count). The van der Waals surface area contributed by atoms with Crippen LogP contribution in [0.4, 0.5) is 5.69 Å². The topological polar surface area (TPSA) is 84.5 Å². The summed E-state index contributed by atoms with van der Waals surface area (Å²) in [6, 6.07) is 22.5. The van der Waals surface area contributed by atoms with E-state index in [4.69, 9.17) is 4.74 Å². The second-order valence-electron chi connectivity index (χ2n) is 7.62. The molecule has 3 aromatic rings. The molecule has 31 heavy (non-hydrogen) atoms. The summed E-state index contributed by atoms with van der Waals surface area (Å²) < 4.78 is 33.3. The Balaban J connectivity index is 1.54. The first-order valence-electron chi connectivity index (χ1n) is 10.1. The fourth-order valence-corrected chi connectivity index (χ4v) is 4.84. The molecule has 0 heterocycles. The van der Waals surface area contributed by atoms with E-state index in [-0.39, 0.29) is 10.8 Å². The van der Waals surface area contributed by atoms with Crippen molar-refractivity contribution in [3.8, 4) is 5.75 Å². The van der Waals surface area contributed by atoms with Gasteiger partial charge in [0, 0.05) is 11.3 Å². The molecule has 0 saturated heterocycles. The van der Waals surface area contributed by atoms with Crippen molar-refractivity contribution in [3.63, 3.8) is 0 Å². The van der Waals surface area contributed by atoms with Crippen LogP contribution in [-0.2, 0) is 15.6 Å². The highest BCUT2D eigenvalue weighted by Crippen LogP contribution is 2.41. The van der Waals surface area contributed by atoms with Gasteiger partial charge in [0.2, 0.25) is 0 Å². The second-order valence-corrected chi connectivity index (χ2v) is 9.30. The molecular weight excluding hydrogens is 412 g/mol. The summed E-state index contributed by atoms with van der Waals surface area (Å²) in [7, 11) is -2.30. The van der Waals surface area contributed by atoms with Gasteiger partial charge in [-0.1, -0.05) is 36.4 Å². The quantitative estimate of drug-likeness (QED) is 0.578. The molecule has 1 fully saturated rings. The van der Waals surface area contributed by atoms with Crippen LogP contribution in [0.1, 0.15) is 35.2 Å². The van der Waals surface area contributed by atoms with Crippen LogP contribution in [0.5, 0.6) is 5.75 Å². The fraction of sp³-hybridized carbons (Fsp3) is 0.208. The van der Waals surface area contributed by atoms with Crippen LogP contribution in [0, 0.1) is 0 Å². The normalized spacial score (nSPS) is 14.9. The lowest BCUT2D eigenvalue weighted by molar-refractivity contribution is 0.0823. The van der Waals surface area contributed by atoms with E-state index < -0.39 is 15.6 Å². The Morgan fingerprint density at radius 2 is 1.65 bits per heavy atom. The van der Waals surface area contributed by atoms with E-state index in [9.17, 15) is 13.2 Å². The number of amides is 1. The van der Waals surface area contributed by atoms with Gasteiger partial charge >= 0.3 is 0 Å². The summed E-state index contributed by atoms with van der Waals surface area (Å²) in [5.74, 6) is 0.343. The minimum Gasteiger partial charge on any atom is -0.497 e. The molecule has 0 aliphatic heterocycles. The molecule has 1 saturated carbocycles. The molecule has 0 radical (unpaired) electrons. The highest BCUT2D eigenvalue weighted by atomic mass is 32.2. The van der Waals surface area contributed by atoms with Gasteiger partial charge in [0.15, 0.2) is 0 Å². The first-order chi connectivity index (χ1) is 14.9. The molecule has 1 aliphatic carbocycles. The van der Waals surface area contributed by atoms with Gasteiger partial charge < -0.3 is 10.1 Å². The third-order valence-corrected chi connectivity index (χ3v) is 7.01. The number of carbonyl (C=O) groups is 1. The molecule has 7 heteroatoms. The van der Waals surface area contributed by atoms with E-state index >= 15 is 0 Å². The summed E-state index contributed by atoms with van der Waals surface area (Å²) in [5, 5.41) is 3.14. The summed E-state index contributed by atoms with van der Waals surface area (Å²) >= 11 is 0. The van der Waals surface area contributed by atoms with E-state index in [1.807, 2.05) is 30.3 Å². The molecule has 0 spiro atoms. The zero-order chi connectivity index (χ0) is 21.9. The van der Waals surface area contributed by atoms with E-state index in [0.29, 0.717) is 17.0 Å². The lowest BCUT2D eigenvalue weighted by Crippen LogP contribution is -2.50. The first-order valence-corrected chi connectivity index (χ1v) is 11.6. The Hall–Kier alpha value is -3.32. The molecule has 0 atom stereocenters. The Kier molecular flexibility index (Phi) is 5.69.